The Hall–Kier alpha value is -2.09. The first kappa shape index (κ1) is 16.4. The topological polar surface area (TPSA) is 59.4 Å². The van der Waals surface area contributed by atoms with Crippen LogP contribution in [0.4, 0.5) is 0 Å². The minimum atomic E-state index is 0.170. The highest BCUT2D eigenvalue weighted by Gasteiger charge is 2.17. The Labute approximate surface area is 155 Å². The molecule has 7 heteroatoms. The number of nitrogens with one attached hydrogen (secondary N) is 1. The van der Waals surface area contributed by atoms with Crippen LogP contribution in [-0.4, -0.2) is 39.7 Å². The van der Waals surface area contributed by atoms with Gasteiger partial charge >= 0.3 is 0 Å². The van der Waals surface area contributed by atoms with Crippen molar-refractivity contribution in [2.75, 3.05) is 13.1 Å². The van der Waals surface area contributed by atoms with Crippen molar-refractivity contribution < 1.29 is 4.74 Å². The third kappa shape index (κ3) is 4.12. The van der Waals surface area contributed by atoms with E-state index in [0.717, 1.165) is 41.2 Å². The Morgan fingerprint density at radius 2 is 2.28 bits per heavy atom. The van der Waals surface area contributed by atoms with E-state index in [4.69, 9.17) is 17.0 Å². The van der Waals surface area contributed by atoms with Crippen LogP contribution in [0.1, 0.15) is 12.0 Å². The molecule has 5 nitrogen and oxygen atoms in total. The lowest BCUT2D eigenvalue weighted by atomic mass is 10.1. The average molecular weight is 368 g/mol. The number of aromatic nitrogens is 2. The Morgan fingerprint density at radius 3 is 3.08 bits per heavy atom. The summed E-state index contributed by atoms with van der Waals surface area (Å²) in [6.07, 6.45) is 8.45. The number of nitrogens with zero attached hydrogens (tertiary/aromatic N) is 3. The van der Waals surface area contributed by atoms with Crippen molar-refractivity contribution in [2.24, 2.45) is 4.99 Å². The van der Waals surface area contributed by atoms with E-state index in [1.165, 1.54) is 11.8 Å². The maximum absolute atomic E-state index is 5.90. The van der Waals surface area contributed by atoms with Gasteiger partial charge in [-0.15, -0.1) is 0 Å². The molecule has 1 unspecified atom stereocenters. The van der Waals surface area contributed by atoms with Crippen LogP contribution in [0.2, 0.25) is 0 Å². The summed E-state index contributed by atoms with van der Waals surface area (Å²) in [7, 11) is 0. The van der Waals surface area contributed by atoms with Crippen molar-refractivity contribution in [1.82, 2.24) is 15.3 Å². The lowest BCUT2D eigenvalue weighted by Gasteiger charge is -2.12. The van der Waals surface area contributed by atoms with E-state index >= 15 is 0 Å². The minimum Gasteiger partial charge on any atom is -0.472 e. The van der Waals surface area contributed by atoms with Gasteiger partial charge in [-0.2, -0.15) is 0 Å². The SMILES string of the molecule is S=C1N=CC(=Cc2cccc(-c3cncc(OC4CCNC4)n3)c2)S1. The van der Waals surface area contributed by atoms with Gasteiger partial charge in [-0.05, 0) is 30.7 Å². The van der Waals surface area contributed by atoms with Gasteiger partial charge in [0.05, 0.1) is 18.1 Å². The zero-order chi connectivity index (χ0) is 17.1. The lowest BCUT2D eigenvalue weighted by Crippen LogP contribution is -2.20. The van der Waals surface area contributed by atoms with Gasteiger partial charge in [0, 0.05) is 23.2 Å². The molecule has 2 aliphatic heterocycles. The summed E-state index contributed by atoms with van der Waals surface area (Å²) in [5.74, 6) is 0.568. The molecule has 0 radical (unpaired) electrons. The van der Waals surface area contributed by atoms with E-state index in [9.17, 15) is 0 Å². The van der Waals surface area contributed by atoms with Crippen molar-refractivity contribution in [3.8, 4) is 17.1 Å². The maximum Gasteiger partial charge on any atom is 0.233 e. The molecule has 1 atom stereocenters. The van der Waals surface area contributed by atoms with Crippen molar-refractivity contribution in [1.29, 1.82) is 0 Å². The van der Waals surface area contributed by atoms with E-state index in [-0.39, 0.29) is 6.10 Å². The van der Waals surface area contributed by atoms with Crippen LogP contribution in [0.5, 0.6) is 5.88 Å². The number of hydrogen-bond acceptors (Lipinski definition) is 6. The number of thiocarbonyl (C=S) groups is 1. The molecule has 1 N–H and O–H groups in total. The van der Waals surface area contributed by atoms with Crippen LogP contribution in [0.15, 0.2) is 46.6 Å². The number of hydrogen-bond donors (Lipinski definition) is 1. The molecule has 2 aliphatic rings. The molecule has 25 heavy (non-hydrogen) atoms. The van der Waals surface area contributed by atoms with Crippen molar-refractivity contribution in [2.45, 2.75) is 12.5 Å². The second-order valence-corrected chi connectivity index (χ2v) is 7.48. The average Bonchev–Trinajstić information content (AvgIpc) is 3.27. The second kappa shape index (κ2) is 7.43. The number of aliphatic imine (C=N–C) groups is 1. The molecule has 0 bridgehead atoms. The van der Waals surface area contributed by atoms with E-state index in [0.29, 0.717) is 10.2 Å². The third-order valence-electron chi connectivity index (χ3n) is 3.91. The van der Waals surface area contributed by atoms with Crippen LogP contribution >= 0.6 is 24.0 Å². The predicted octanol–water partition coefficient (Wildman–Crippen LogP) is 3.33. The fourth-order valence-corrected chi connectivity index (χ4v) is 3.68. The Balaban J connectivity index is 1.56. The molecule has 0 spiro atoms. The molecule has 4 rings (SSSR count). The molecule has 1 aromatic heterocycles. The van der Waals surface area contributed by atoms with E-state index in [1.807, 2.05) is 18.2 Å². The molecule has 0 saturated carbocycles. The first-order chi connectivity index (χ1) is 12.3. The van der Waals surface area contributed by atoms with Gasteiger partial charge in [0.2, 0.25) is 5.88 Å². The number of thioether (sulfide) groups is 1. The van der Waals surface area contributed by atoms with Crippen molar-refractivity contribution >= 4 is 40.6 Å². The maximum atomic E-state index is 5.90. The molecule has 2 aromatic rings. The fraction of sp³-hybridized carbons (Fsp3) is 0.222. The monoisotopic (exact) mass is 368 g/mol. The van der Waals surface area contributed by atoms with Crippen LogP contribution in [0, 0.1) is 0 Å². The summed E-state index contributed by atoms with van der Waals surface area (Å²) in [5, 5.41) is 3.28. The molecule has 1 aromatic carbocycles. The molecule has 3 heterocycles. The Morgan fingerprint density at radius 1 is 1.32 bits per heavy atom. The molecular formula is C18H16N4OS2. The quantitative estimate of drug-likeness (QED) is 0.836. The summed E-state index contributed by atoms with van der Waals surface area (Å²) in [5.41, 5.74) is 2.87. The number of ether oxygens (including phenoxy) is 1. The first-order valence-electron chi connectivity index (χ1n) is 8.04. The van der Waals surface area contributed by atoms with E-state index in [1.54, 1.807) is 18.6 Å². The normalized spacial score (nSPS) is 21.2. The van der Waals surface area contributed by atoms with Crippen LogP contribution in [-0.2, 0) is 0 Å². The van der Waals surface area contributed by atoms with E-state index < -0.39 is 0 Å². The predicted molar refractivity (Wildman–Crippen MR) is 106 cm³/mol. The molecule has 1 saturated heterocycles. The summed E-state index contributed by atoms with van der Waals surface area (Å²) in [6, 6.07) is 8.15. The molecule has 1 fully saturated rings. The summed E-state index contributed by atoms with van der Waals surface area (Å²) in [4.78, 5) is 14.0. The zero-order valence-corrected chi connectivity index (χ0v) is 15.0. The highest BCUT2D eigenvalue weighted by Crippen LogP contribution is 2.27. The van der Waals surface area contributed by atoms with Crippen LogP contribution < -0.4 is 10.1 Å². The summed E-state index contributed by atoms with van der Waals surface area (Å²) >= 11 is 6.57. The molecule has 126 valence electrons. The highest BCUT2D eigenvalue weighted by molar-refractivity contribution is 8.26. The minimum absolute atomic E-state index is 0.170. The van der Waals surface area contributed by atoms with Gasteiger partial charge in [0.15, 0.2) is 4.32 Å². The Kier molecular flexibility index (Phi) is 4.87. The molecule has 0 aliphatic carbocycles. The van der Waals surface area contributed by atoms with Gasteiger partial charge in [0.25, 0.3) is 0 Å². The third-order valence-corrected chi connectivity index (χ3v) is 5.00. The van der Waals surface area contributed by atoms with Crippen molar-refractivity contribution in [3.05, 3.63) is 47.1 Å². The zero-order valence-electron chi connectivity index (χ0n) is 13.4. The van der Waals surface area contributed by atoms with Gasteiger partial charge in [-0.3, -0.25) is 4.98 Å². The molecule has 0 amide bonds. The van der Waals surface area contributed by atoms with Gasteiger partial charge in [-0.25, -0.2) is 9.98 Å². The van der Waals surface area contributed by atoms with Crippen LogP contribution in [0.3, 0.4) is 0 Å². The van der Waals surface area contributed by atoms with Gasteiger partial charge in [0.1, 0.15) is 6.10 Å². The molecular weight excluding hydrogens is 352 g/mol. The highest BCUT2D eigenvalue weighted by atomic mass is 32.2. The number of allylic oxidation sites excluding steroid dienone is 1. The largest absolute Gasteiger partial charge is 0.472 e. The standard InChI is InChI=1S/C18H16N4OS2/c24-18-21-9-15(25-18)7-12-2-1-3-13(6-12)16-10-20-11-17(22-16)23-14-4-5-19-8-14/h1-3,6-7,9-11,14,19H,4-5,8H2. The number of benzene rings is 1. The number of rotatable bonds is 4. The Bertz CT molecular complexity index is 860. The fourth-order valence-electron chi connectivity index (χ4n) is 2.73. The van der Waals surface area contributed by atoms with Gasteiger partial charge < -0.3 is 10.1 Å². The van der Waals surface area contributed by atoms with Crippen LogP contribution in [0.25, 0.3) is 17.3 Å². The van der Waals surface area contributed by atoms with E-state index in [2.05, 4.69) is 32.4 Å². The van der Waals surface area contributed by atoms with Gasteiger partial charge in [-0.1, -0.05) is 42.2 Å². The lowest BCUT2D eigenvalue weighted by molar-refractivity contribution is 0.213. The first-order valence-corrected chi connectivity index (χ1v) is 9.26. The van der Waals surface area contributed by atoms with Crippen molar-refractivity contribution in [3.63, 3.8) is 0 Å². The summed E-state index contributed by atoms with van der Waals surface area (Å²) in [6.45, 7) is 1.84. The second-order valence-electron chi connectivity index (χ2n) is 5.77. The smallest absolute Gasteiger partial charge is 0.233 e. The summed E-state index contributed by atoms with van der Waals surface area (Å²) < 4.78 is 6.56.